The van der Waals surface area contributed by atoms with E-state index in [9.17, 15) is 9.59 Å². The molecule has 0 unspecified atom stereocenters. The summed E-state index contributed by atoms with van der Waals surface area (Å²) in [6.45, 7) is 12.2. The standard InChI is InChI=1S/C24H33N7O2/c1-5-20-23(29-24(33)30(4)21-14-17(2)6-8-26-21)19(18(3)15-28-20)7-9-27-22(32)16-31-12-10-25-11-13-31/h5-6,8,14-15,25H,1,7,9-13,16H2,2-4H3,(H,27,32)(H,29,33). The summed E-state index contributed by atoms with van der Waals surface area (Å²) in [6, 6.07) is 3.40. The van der Waals surface area contributed by atoms with Crippen molar-refractivity contribution in [3.63, 3.8) is 0 Å². The molecule has 9 heteroatoms. The quantitative estimate of drug-likeness (QED) is 0.567. The Morgan fingerprint density at radius 1 is 1.27 bits per heavy atom. The average molecular weight is 452 g/mol. The van der Waals surface area contributed by atoms with E-state index in [-0.39, 0.29) is 11.9 Å². The molecule has 0 bridgehead atoms. The third-order valence-corrected chi connectivity index (χ3v) is 5.68. The van der Waals surface area contributed by atoms with E-state index in [0.29, 0.717) is 36.7 Å². The lowest BCUT2D eigenvalue weighted by Crippen LogP contribution is -2.47. The van der Waals surface area contributed by atoms with Gasteiger partial charge in [-0.2, -0.15) is 0 Å². The fourth-order valence-corrected chi connectivity index (χ4v) is 3.73. The van der Waals surface area contributed by atoms with E-state index in [1.54, 1.807) is 25.5 Å². The maximum atomic E-state index is 13.0. The van der Waals surface area contributed by atoms with E-state index in [4.69, 9.17) is 0 Å². The molecule has 33 heavy (non-hydrogen) atoms. The summed E-state index contributed by atoms with van der Waals surface area (Å²) in [4.78, 5) is 37.6. The number of nitrogens with zero attached hydrogens (tertiary/aromatic N) is 4. The second kappa shape index (κ2) is 11.5. The lowest BCUT2D eigenvalue weighted by molar-refractivity contribution is -0.122. The summed E-state index contributed by atoms with van der Waals surface area (Å²) in [5.41, 5.74) is 4.05. The minimum atomic E-state index is -0.326. The normalized spacial score (nSPS) is 13.9. The number of anilines is 2. The van der Waals surface area contributed by atoms with Crippen molar-refractivity contribution in [3.05, 3.63) is 53.5 Å². The predicted octanol–water partition coefficient (Wildman–Crippen LogP) is 1.97. The largest absolute Gasteiger partial charge is 0.355 e. The molecule has 0 aromatic carbocycles. The van der Waals surface area contributed by atoms with E-state index in [1.165, 1.54) is 4.90 Å². The molecule has 0 saturated carbocycles. The van der Waals surface area contributed by atoms with E-state index in [1.807, 2.05) is 26.0 Å². The van der Waals surface area contributed by atoms with Crippen LogP contribution in [0.4, 0.5) is 16.3 Å². The summed E-state index contributed by atoms with van der Waals surface area (Å²) in [5, 5.41) is 9.26. The Bertz CT molecular complexity index is 1000. The van der Waals surface area contributed by atoms with Crippen molar-refractivity contribution < 1.29 is 9.59 Å². The zero-order valence-corrected chi connectivity index (χ0v) is 19.6. The molecule has 3 rings (SSSR count). The molecule has 1 saturated heterocycles. The van der Waals surface area contributed by atoms with Gasteiger partial charge in [0, 0.05) is 52.2 Å². The van der Waals surface area contributed by atoms with Crippen molar-refractivity contribution in [1.82, 2.24) is 25.5 Å². The molecule has 1 aliphatic heterocycles. The summed E-state index contributed by atoms with van der Waals surface area (Å²) in [5.74, 6) is 0.554. The van der Waals surface area contributed by atoms with Gasteiger partial charge in [-0.1, -0.05) is 6.58 Å². The molecule has 0 spiro atoms. The molecule has 2 aromatic heterocycles. The first-order chi connectivity index (χ1) is 15.9. The van der Waals surface area contributed by atoms with Crippen molar-refractivity contribution in [2.24, 2.45) is 0 Å². The Labute approximate surface area is 195 Å². The van der Waals surface area contributed by atoms with Crippen LogP contribution in [0, 0.1) is 13.8 Å². The van der Waals surface area contributed by atoms with Crippen LogP contribution in [0.15, 0.2) is 31.1 Å². The average Bonchev–Trinajstić information content (AvgIpc) is 2.81. The van der Waals surface area contributed by atoms with Crippen LogP contribution in [0.3, 0.4) is 0 Å². The fraction of sp³-hybridized carbons (Fsp3) is 0.417. The van der Waals surface area contributed by atoms with E-state index in [0.717, 1.165) is 42.9 Å². The first kappa shape index (κ1) is 24.3. The molecule has 9 nitrogen and oxygen atoms in total. The van der Waals surface area contributed by atoms with Crippen molar-refractivity contribution >= 4 is 29.5 Å². The minimum absolute atomic E-state index is 0.00314. The molecule has 3 N–H and O–H groups in total. The SMILES string of the molecule is C=Cc1ncc(C)c(CCNC(=O)CN2CCNCC2)c1NC(=O)N(C)c1cc(C)ccn1. The van der Waals surface area contributed by atoms with Gasteiger partial charge in [0.1, 0.15) is 5.82 Å². The Morgan fingerprint density at radius 2 is 2.03 bits per heavy atom. The van der Waals surface area contributed by atoms with Gasteiger partial charge in [-0.05, 0) is 55.2 Å². The van der Waals surface area contributed by atoms with Gasteiger partial charge in [0.25, 0.3) is 0 Å². The minimum Gasteiger partial charge on any atom is -0.355 e. The third kappa shape index (κ3) is 6.59. The molecule has 0 radical (unpaired) electrons. The molecule has 3 amide bonds. The maximum absolute atomic E-state index is 13.0. The molecule has 2 aromatic rings. The van der Waals surface area contributed by atoms with Crippen LogP contribution in [0.2, 0.25) is 0 Å². The summed E-state index contributed by atoms with van der Waals surface area (Å²) >= 11 is 0. The molecular formula is C24H33N7O2. The van der Waals surface area contributed by atoms with Crippen molar-refractivity contribution in [1.29, 1.82) is 0 Å². The number of carbonyl (C=O) groups is 2. The Kier molecular flexibility index (Phi) is 8.51. The number of hydrogen-bond acceptors (Lipinski definition) is 6. The molecule has 176 valence electrons. The molecule has 0 atom stereocenters. The first-order valence-corrected chi connectivity index (χ1v) is 11.2. The van der Waals surface area contributed by atoms with E-state index < -0.39 is 0 Å². The smallest absolute Gasteiger partial charge is 0.327 e. The highest BCUT2D eigenvalue weighted by Gasteiger charge is 2.19. The van der Waals surface area contributed by atoms with Crippen LogP contribution in [-0.2, 0) is 11.2 Å². The number of rotatable bonds is 8. The van der Waals surface area contributed by atoms with Gasteiger partial charge in [0.05, 0.1) is 17.9 Å². The molecule has 1 aliphatic rings. The monoisotopic (exact) mass is 451 g/mol. The number of nitrogens with one attached hydrogen (secondary N) is 3. The third-order valence-electron chi connectivity index (χ3n) is 5.68. The summed E-state index contributed by atoms with van der Waals surface area (Å²) in [6.07, 6.45) is 5.61. The first-order valence-electron chi connectivity index (χ1n) is 11.2. The van der Waals surface area contributed by atoms with Crippen LogP contribution in [-0.4, -0.2) is 73.1 Å². The highest BCUT2D eigenvalue weighted by molar-refractivity contribution is 6.02. The van der Waals surface area contributed by atoms with Gasteiger partial charge in [-0.15, -0.1) is 0 Å². The summed E-state index contributed by atoms with van der Waals surface area (Å²) < 4.78 is 0. The van der Waals surface area contributed by atoms with Crippen molar-refractivity contribution in [2.75, 3.05) is 56.5 Å². The lowest BCUT2D eigenvalue weighted by Gasteiger charge is -2.26. The number of aryl methyl sites for hydroxylation is 2. The van der Waals surface area contributed by atoms with Gasteiger partial charge in [0.2, 0.25) is 5.91 Å². The Morgan fingerprint density at radius 3 is 2.73 bits per heavy atom. The van der Waals surface area contributed by atoms with Gasteiger partial charge in [-0.3, -0.25) is 19.6 Å². The predicted molar refractivity (Wildman–Crippen MR) is 131 cm³/mol. The Balaban J connectivity index is 1.68. The number of urea groups is 1. The number of piperazine rings is 1. The maximum Gasteiger partial charge on any atom is 0.327 e. The Hall–Kier alpha value is -3.30. The fourth-order valence-electron chi connectivity index (χ4n) is 3.73. The van der Waals surface area contributed by atoms with Crippen LogP contribution in [0.1, 0.15) is 22.4 Å². The van der Waals surface area contributed by atoms with Crippen molar-refractivity contribution in [3.8, 4) is 0 Å². The number of amides is 3. The summed E-state index contributed by atoms with van der Waals surface area (Å²) in [7, 11) is 1.67. The van der Waals surface area contributed by atoms with Gasteiger partial charge in [0.15, 0.2) is 0 Å². The topological polar surface area (TPSA) is 102 Å². The highest BCUT2D eigenvalue weighted by atomic mass is 16.2. The number of aromatic nitrogens is 2. The number of pyridine rings is 2. The highest BCUT2D eigenvalue weighted by Crippen LogP contribution is 2.25. The van der Waals surface area contributed by atoms with Crippen LogP contribution >= 0.6 is 0 Å². The number of hydrogen-bond donors (Lipinski definition) is 3. The molecule has 1 fully saturated rings. The zero-order chi connectivity index (χ0) is 23.8. The lowest BCUT2D eigenvalue weighted by atomic mass is 10.0. The second-order valence-corrected chi connectivity index (χ2v) is 8.19. The van der Waals surface area contributed by atoms with Crippen LogP contribution < -0.4 is 20.9 Å². The van der Waals surface area contributed by atoms with Crippen LogP contribution in [0.5, 0.6) is 0 Å². The van der Waals surface area contributed by atoms with Crippen molar-refractivity contribution in [2.45, 2.75) is 20.3 Å². The van der Waals surface area contributed by atoms with Gasteiger partial charge >= 0.3 is 6.03 Å². The van der Waals surface area contributed by atoms with E-state index in [2.05, 4.69) is 37.4 Å². The van der Waals surface area contributed by atoms with Gasteiger partial charge < -0.3 is 16.0 Å². The second-order valence-electron chi connectivity index (χ2n) is 8.19. The van der Waals surface area contributed by atoms with Gasteiger partial charge in [-0.25, -0.2) is 9.78 Å². The molecule has 3 heterocycles. The number of carbonyl (C=O) groups excluding carboxylic acids is 2. The molecule has 0 aliphatic carbocycles. The zero-order valence-electron chi connectivity index (χ0n) is 19.6. The van der Waals surface area contributed by atoms with Crippen LogP contribution in [0.25, 0.3) is 6.08 Å². The molecular weight excluding hydrogens is 418 g/mol. The van der Waals surface area contributed by atoms with E-state index >= 15 is 0 Å².